The minimum absolute atomic E-state index is 0.172. The number of nitrogen functional groups attached to an aromatic ring is 1. The summed E-state index contributed by atoms with van der Waals surface area (Å²) in [4.78, 5) is 12.0. The Morgan fingerprint density at radius 2 is 2.05 bits per heavy atom. The second kappa shape index (κ2) is 5.48. The number of rotatable bonds is 3. The monoisotopic (exact) mass is 276 g/mol. The molecule has 1 amide bonds. The summed E-state index contributed by atoms with van der Waals surface area (Å²) < 4.78 is 18.2. The number of phenolic OH excluding ortho intramolecular Hbond substituents is 1. The third-order valence-corrected chi connectivity index (χ3v) is 2.67. The number of halogens is 1. The van der Waals surface area contributed by atoms with E-state index >= 15 is 0 Å². The number of phenols is 1. The normalized spacial score (nSPS) is 10.1. The second-order valence-electron chi connectivity index (χ2n) is 4.08. The average molecular weight is 276 g/mol. The molecule has 20 heavy (non-hydrogen) atoms. The molecule has 5 nitrogen and oxygen atoms in total. The number of hydrogen-bond donors (Lipinski definition) is 3. The predicted octanol–water partition coefficient (Wildman–Crippen LogP) is 2.37. The van der Waals surface area contributed by atoms with E-state index < -0.39 is 11.7 Å². The number of nitrogens with two attached hydrogens (primary N) is 1. The van der Waals surface area contributed by atoms with E-state index in [1.54, 1.807) is 12.1 Å². The van der Waals surface area contributed by atoms with Crippen molar-refractivity contribution < 1.29 is 19.0 Å². The Labute approximate surface area is 114 Å². The van der Waals surface area contributed by atoms with Crippen LogP contribution in [0.15, 0.2) is 36.4 Å². The predicted molar refractivity (Wildman–Crippen MR) is 73.4 cm³/mol. The van der Waals surface area contributed by atoms with Crippen molar-refractivity contribution in [2.75, 3.05) is 18.2 Å². The van der Waals surface area contributed by atoms with Crippen molar-refractivity contribution in [3.8, 4) is 11.5 Å². The van der Waals surface area contributed by atoms with E-state index in [0.29, 0.717) is 17.1 Å². The molecule has 0 aromatic heterocycles. The second-order valence-corrected chi connectivity index (χ2v) is 4.08. The third-order valence-electron chi connectivity index (χ3n) is 2.67. The molecule has 104 valence electrons. The summed E-state index contributed by atoms with van der Waals surface area (Å²) in [7, 11) is 1.45. The summed E-state index contributed by atoms with van der Waals surface area (Å²) in [6.45, 7) is 0. The van der Waals surface area contributed by atoms with E-state index in [1.807, 2.05) is 0 Å². The lowest BCUT2D eigenvalue weighted by Crippen LogP contribution is -2.13. The minimum Gasteiger partial charge on any atom is -0.507 e. The van der Waals surface area contributed by atoms with Crippen molar-refractivity contribution in [3.05, 3.63) is 47.8 Å². The van der Waals surface area contributed by atoms with Crippen LogP contribution in [0.2, 0.25) is 0 Å². The first-order valence-corrected chi connectivity index (χ1v) is 5.74. The van der Waals surface area contributed by atoms with E-state index in [9.17, 15) is 14.3 Å². The average Bonchev–Trinajstić information content (AvgIpc) is 2.41. The standard InChI is InChI=1S/C14H13FN2O3/c1-20-13-5-3-9(16)7-11(13)17-14(19)10-6-8(15)2-4-12(10)18/h2-7,18H,16H2,1H3,(H,17,19). The maximum atomic E-state index is 13.1. The summed E-state index contributed by atoms with van der Waals surface area (Å²) in [5.41, 5.74) is 6.23. The number of ether oxygens (including phenoxy) is 1. The van der Waals surface area contributed by atoms with Crippen LogP contribution in [0, 0.1) is 5.82 Å². The summed E-state index contributed by atoms with van der Waals surface area (Å²) in [6.07, 6.45) is 0. The van der Waals surface area contributed by atoms with Gasteiger partial charge in [0.25, 0.3) is 5.91 Å². The molecule has 0 radical (unpaired) electrons. The molecule has 0 aliphatic rings. The van der Waals surface area contributed by atoms with E-state index in [1.165, 1.54) is 13.2 Å². The molecule has 0 saturated carbocycles. The van der Waals surface area contributed by atoms with Crippen LogP contribution in [0.25, 0.3) is 0 Å². The Kier molecular flexibility index (Phi) is 3.74. The lowest BCUT2D eigenvalue weighted by atomic mass is 10.1. The van der Waals surface area contributed by atoms with Crippen molar-refractivity contribution in [1.29, 1.82) is 0 Å². The topological polar surface area (TPSA) is 84.6 Å². The molecule has 0 fully saturated rings. The molecule has 6 heteroatoms. The van der Waals surface area contributed by atoms with Crippen LogP contribution in [0.1, 0.15) is 10.4 Å². The molecule has 0 aliphatic carbocycles. The number of hydrogen-bond acceptors (Lipinski definition) is 4. The molecule has 2 rings (SSSR count). The number of nitrogens with one attached hydrogen (secondary N) is 1. The Hall–Kier alpha value is -2.76. The number of amides is 1. The molecule has 0 saturated heterocycles. The van der Waals surface area contributed by atoms with Gasteiger partial charge < -0.3 is 20.9 Å². The van der Waals surface area contributed by atoms with Crippen LogP contribution in [-0.4, -0.2) is 18.1 Å². The van der Waals surface area contributed by atoms with Crippen LogP contribution in [-0.2, 0) is 0 Å². The zero-order valence-electron chi connectivity index (χ0n) is 10.7. The van der Waals surface area contributed by atoms with Crippen LogP contribution in [0.4, 0.5) is 15.8 Å². The number of anilines is 2. The van der Waals surface area contributed by atoms with Gasteiger partial charge in [0.2, 0.25) is 0 Å². The first-order valence-electron chi connectivity index (χ1n) is 5.74. The summed E-state index contributed by atoms with van der Waals surface area (Å²) in [5, 5.41) is 12.1. The van der Waals surface area contributed by atoms with Gasteiger partial charge >= 0.3 is 0 Å². The molecule has 0 heterocycles. The Balaban J connectivity index is 2.32. The summed E-state index contributed by atoms with van der Waals surface area (Å²) in [5.74, 6) is -1.19. The van der Waals surface area contributed by atoms with E-state index in [4.69, 9.17) is 10.5 Å². The first-order chi connectivity index (χ1) is 9.51. The largest absolute Gasteiger partial charge is 0.507 e. The molecule has 2 aromatic carbocycles. The minimum atomic E-state index is -0.661. The number of aromatic hydroxyl groups is 1. The van der Waals surface area contributed by atoms with Gasteiger partial charge in [-0.15, -0.1) is 0 Å². The number of carbonyl (C=O) groups excluding carboxylic acids is 1. The van der Waals surface area contributed by atoms with Crippen LogP contribution in [0.5, 0.6) is 11.5 Å². The van der Waals surface area contributed by atoms with Gasteiger partial charge in [0.1, 0.15) is 17.3 Å². The lowest BCUT2D eigenvalue weighted by Gasteiger charge is -2.11. The number of carbonyl (C=O) groups is 1. The zero-order chi connectivity index (χ0) is 14.7. The highest BCUT2D eigenvalue weighted by Crippen LogP contribution is 2.28. The van der Waals surface area contributed by atoms with Crippen molar-refractivity contribution in [1.82, 2.24) is 0 Å². The van der Waals surface area contributed by atoms with Gasteiger partial charge in [-0.3, -0.25) is 4.79 Å². The Bertz CT molecular complexity index is 659. The van der Waals surface area contributed by atoms with Crippen molar-refractivity contribution in [2.45, 2.75) is 0 Å². The van der Waals surface area contributed by atoms with Crippen molar-refractivity contribution in [3.63, 3.8) is 0 Å². The van der Waals surface area contributed by atoms with Crippen molar-refractivity contribution >= 4 is 17.3 Å². The third kappa shape index (κ3) is 2.80. The molecule has 2 aromatic rings. The zero-order valence-corrected chi connectivity index (χ0v) is 10.7. The highest BCUT2D eigenvalue weighted by Gasteiger charge is 2.14. The maximum Gasteiger partial charge on any atom is 0.259 e. The van der Waals surface area contributed by atoms with Crippen LogP contribution >= 0.6 is 0 Å². The smallest absolute Gasteiger partial charge is 0.259 e. The summed E-state index contributed by atoms with van der Waals surface area (Å²) >= 11 is 0. The fourth-order valence-corrected chi connectivity index (χ4v) is 1.70. The fraction of sp³-hybridized carbons (Fsp3) is 0.0714. The molecule has 0 unspecified atom stereocenters. The van der Waals surface area contributed by atoms with Crippen LogP contribution < -0.4 is 15.8 Å². The maximum absolute atomic E-state index is 13.1. The molecule has 4 N–H and O–H groups in total. The molecule has 0 atom stereocenters. The van der Waals surface area contributed by atoms with Gasteiger partial charge in [-0.1, -0.05) is 0 Å². The van der Waals surface area contributed by atoms with E-state index in [-0.39, 0.29) is 11.3 Å². The number of benzene rings is 2. The Morgan fingerprint density at radius 3 is 2.75 bits per heavy atom. The molecule has 0 spiro atoms. The number of methoxy groups -OCH3 is 1. The van der Waals surface area contributed by atoms with Gasteiger partial charge in [-0.05, 0) is 36.4 Å². The molecular formula is C14H13FN2O3. The Morgan fingerprint density at radius 1 is 1.30 bits per heavy atom. The highest BCUT2D eigenvalue weighted by molar-refractivity contribution is 6.07. The molecule has 0 aliphatic heterocycles. The van der Waals surface area contributed by atoms with E-state index in [2.05, 4.69) is 5.32 Å². The van der Waals surface area contributed by atoms with Gasteiger partial charge in [-0.2, -0.15) is 0 Å². The quantitative estimate of drug-likeness (QED) is 0.751. The first kappa shape index (κ1) is 13.7. The van der Waals surface area contributed by atoms with Gasteiger partial charge in [-0.25, -0.2) is 4.39 Å². The van der Waals surface area contributed by atoms with Gasteiger partial charge in [0.15, 0.2) is 0 Å². The lowest BCUT2D eigenvalue weighted by molar-refractivity contribution is 0.102. The SMILES string of the molecule is COc1ccc(N)cc1NC(=O)c1cc(F)ccc1O. The van der Waals surface area contributed by atoms with Crippen LogP contribution in [0.3, 0.4) is 0 Å². The van der Waals surface area contributed by atoms with Gasteiger partial charge in [0.05, 0.1) is 18.4 Å². The fourth-order valence-electron chi connectivity index (χ4n) is 1.70. The van der Waals surface area contributed by atoms with E-state index in [0.717, 1.165) is 18.2 Å². The molecule has 0 bridgehead atoms. The van der Waals surface area contributed by atoms with Crippen molar-refractivity contribution in [2.24, 2.45) is 0 Å². The molecular weight excluding hydrogens is 263 g/mol. The van der Waals surface area contributed by atoms with Gasteiger partial charge in [0, 0.05) is 5.69 Å². The highest BCUT2D eigenvalue weighted by atomic mass is 19.1. The summed E-state index contributed by atoms with van der Waals surface area (Å²) in [6, 6.07) is 7.84.